The smallest absolute Gasteiger partial charge is 0.0946 e. The predicted molar refractivity (Wildman–Crippen MR) is 83.1 cm³/mol. The first-order valence-electron chi connectivity index (χ1n) is 7.15. The monoisotopic (exact) mass is 265 g/mol. The second kappa shape index (κ2) is 5.06. The molecule has 1 aliphatic carbocycles. The second-order valence-corrected chi connectivity index (χ2v) is 8.23. The molecule has 0 radical (unpaired) electrons. The molecule has 0 saturated heterocycles. The predicted octanol–water partition coefficient (Wildman–Crippen LogP) is 3.48. The van der Waals surface area contributed by atoms with Gasteiger partial charge in [0.05, 0.1) is 5.60 Å². The van der Waals surface area contributed by atoms with Crippen molar-refractivity contribution < 1.29 is 5.11 Å². The van der Waals surface area contributed by atoms with Gasteiger partial charge in [-0.3, -0.25) is 0 Å². The Balaban J connectivity index is 3.20. The molecule has 0 amide bonds. The topological polar surface area (TPSA) is 23.5 Å². The molecule has 2 nitrogen and oxygen atoms in total. The molecular formula is C17H31NO. The lowest BCUT2D eigenvalue weighted by atomic mass is 9.59. The van der Waals surface area contributed by atoms with Gasteiger partial charge >= 0.3 is 0 Å². The lowest BCUT2D eigenvalue weighted by Crippen LogP contribution is -2.52. The second-order valence-electron chi connectivity index (χ2n) is 8.23. The molecular weight excluding hydrogens is 234 g/mol. The van der Waals surface area contributed by atoms with E-state index in [0.717, 1.165) is 6.54 Å². The van der Waals surface area contributed by atoms with Crippen molar-refractivity contribution in [1.82, 2.24) is 4.90 Å². The van der Waals surface area contributed by atoms with Crippen LogP contribution in [0.15, 0.2) is 23.8 Å². The number of nitrogens with zero attached hydrogens (tertiary/aromatic N) is 1. The molecule has 110 valence electrons. The highest BCUT2D eigenvalue weighted by Crippen LogP contribution is 2.48. The Kier molecular flexibility index (Phi) is 4.39. The van der Waals surface area contributed by atoms with E-state index in [2.05, 4.69) is 72.7 Å². The summed E-state index contributed by atoms with van der Waals surface area (Å²) in [5.74, 6) is 0.125. The van der Waals surface area contributed by atoms with Crippen molar-refractivity contribution in [2.75, 3.05) is 20.6 Å². The Morgan fingerprint density at radius 2 is 1.68 bits per heavy atom. The first kappa shape index (κ1) is 16.5. The van der Waals surface area contributed by atoms with Crippen molar-refractivity contribution in [2.24, 2.45) is 16.7 Å². The first-order chi connectivity index (χ1) is 8.38. The van der Waals surface area contributed by atoms with E-state index in [1.807, 2.05) is 6.08 Å². The Morgan fingerprint density at radius 3 is 2.05 bits per heavy atom. The van der Waals surface area contributed by atoms with Gasteiger partial charge in [-0.05, 0) is 30.5 Å². The Morgan fingerprint density at radius 1 is 1.16 bits per heavy atom. The first-order valence-corrected chi connectivity index (χ1v) is 7.15. The fourth-order valence-electron chi connectivity index (χ4n) is 2.83. The van der Waals surface area contributed by atoms with E-state index < -0.39 is 5.60 Å². The van der Waals surface area contributed by atoms with E-state index in [0.29, 0.717) is 0 Å². The molecule has 0 heterocycles. The van der Waals surface area contributed by atoms with Crippen LogP contribution in [-0.4, -0.2) is 36.2 Å². The standard InChI is InChI=1S/C17H31NO/c1-15(2,3)14-11-13(12-18(7)8)9-10-17(14,19)16(4,5)6/h9-11,14,19H,12H2,1-8H3. The molecule has 2 unspecified atom stereocenters. The summed E-state index contributed by atoms with van der Waals surface area (Å²) in [5, 5.41) is 11.2. The summed E-state index contributed by atoms with van der Waals surface area (Å²) in [4.78, 5) is 2.16. The highest BCUT2D eigenvalue weighted by atomic mass is 16.3. The summed E-state index contributed by atoms with van der Waals surface area (Å²) in [5.41, 5.74) is 0.353. The largest absolute Gasteiger partial charge is 0.385 e. The normalized spacial score (nSPS) is 28.7. The summed E-state index contributed by atoms with van der Waals surface area (Å²) >= 11 is 0. The number of hydrogen-bond donors (Lipinski definition) is 1. The highest BCUT2D eigenvalue weighted by molar-refractivity contribution is 5.34. The van der Waals surface area contributed by atoms with Gasteiger partial charge in [-0.25, -0.2) is 0 Å². The van der Waals surface area contributed by atoms with Gasteiger partial charge in [0.25, 0.3) is 0 Å². The molecule has 19 heavy (non-hydrogen) atoms. The van der Waals surface area contributed by atoms with Crippen molar-refractivity contribution in [3.05, 3.63) is 23.8 Å². The van der Waals surface area contributed by atoms with Crippen LogP contribution in [0.2, 0.25) is 0 Å². The van der Waals surface area contributed by atoms with Gasteiger partial charge in [0, 0.05) is 12.5 Å². The van der Waals surface area contributed by atoms with Crippen molar-refractivity contribution in [3.63, 3.8) is 0 Å². The van der Waals surface area contributed by atoms with Gasteiger partial charge in [-0.1, -0.05) is 59.8 Å². The number of likely N-dealkylation sites (N-methyl/N-ethyl adjacent to an activating group) is 1. The average Bonchev–Trinajstić information content (AvgIpc) is 2.17. The summed E-state index contributed by atoms with van der Waals surface area (Å²) in [6.45, 7) is 13.9. The molecule has 2 heteroatoms. The zero-order valence-electron chi connectivity index (χ0n) is 13.9. The summed E-state index contributed by atoms with van der Waals surface area (Å²) in [6, 6.07) is 0. The SMILES string of the molecule is CN(C)CC1=CC(C(C)(C)C)C(O)(C(C)(C)C)C=C1. The summed E-state index contributed by atoms with van der Waals surface area (Å²) in [6.07, 6.45) is 6.38. The van der Waals surface area contributed by atoms with E-state index >= 15 is 0 Å². The van der Waals surface area contributed by atoms with Gasteiger partial charge in [-0.2, -0.15) is 0 Å². The fourth-order valence-corrected chi connectivity index (χ4v) is 2.83. The van der Waals surface area contributed by atoms with Crippen LogP contribution in [0.1, 0.15) is 41.5 Å². The molecule has 0 aromatic carbocycles. The van der Waals surface area contributed by atoms with Crippen molar-refractivity contribution in [1.29, 1.82) is 0 Å². The van der Waals surface area contributed by atoms with E-state index in [4.69, 9.17) is 0 Å². The van der Waals surface area contributed by atoms with Gasteiger partial charge in [0.2, 0.25) is 0 Å². The lowest BCUT2D eigenvalue weighted by molar-refractivity contribution is -0.0805. The Hall–Kier alpha value is -0.600. The minimum atomic E-state index is -0.791. The molecule has 0 spiro atoms. The molecule has 0 saturated carbocycles. The molecule has 0 aromatic rings. The number of aliphatic hydroxyl groups is 1. The van der Waals surface area contributed by atoms with Crippen LogP contribution in [0.3, 0.4) is 0 Å². The fraction of sp³-hybridized carbons (Fsp3) is 0.765. The minimum Gasteiger partial charge on any atom is -0.385 e. The highest BCUT2D eigenvalue weighted by Gasteiger charge is 2.49. The van der Waals surface area contributed by atoms with Crippen LogP contribution in [0.4, 0.5) is 0 Å². The molecule has 0 aromatic heterocycles. The van der Waals surface area contributed by atoms with E-state index in [1.165, 1.54) is 5.57 Å². The van der Waals surface area contributed by atoms with Gasteiger partial charge in [0.1, 0.15) is 0 Å². The molecule has 2 atom stereocenters. The molecule has 0 bridgehead atoms. The van der Waals surface area contributed by atoms with E-state index in [1.54, 1.807) is 0 Å². The summed E-state index contributed by atoms with van der Waals surface area (Å²) in [7, 11) is 4.15. The van der Waals surface area contributed by atoms with Crippen LogP contribution in [-0.2, 0) is 0 Å². The van der Waals surface area contributed by atoms with E-state index in [9.17, 15) is 5.11 Å². The number of rotatable bonds is 2. The minimum absolute atomic E-state index is 0.0321. The lowest BCUT2D eigenvalue weighted by Gasteiger charge is -2.50. The third-order valence-corrected chi connectivity index (χ3v) is 4.04. The maximum atomic E-state index is 11.2. The quantitative estimate of drug-likeness (QED) is 0.826. The van der Waals surface area contributed by atoms with Crippen LogP contribution < -0.4 is 0 Å². The van der Waals surface area contributed by atoms with Crippen LogP contribution >= 0.6 is 0 Å². The Labute approximate surface area is 119 Å². The maximum Gasteiger partial charge on any atom is 0.0946 e. The maximum absolute atomic E-state index is 11.2. The summed E-state index contributed by atoms with van der Waals surface area (Å²) < 4.78 is 0. The van der Waals surface area contributed by atoms with Crippen molar-refractivity contribution in [2.45, 2.75) is 47.1 Å². The zero-order valence-corrected chi connectivity index (χ0v) is 13.9. The number of hydrogen-bond acceptors (Lipinski definition) is 2. The van der Waals surface area contributed by atoms with Gasteiger partial charge in [0.15, 0.2) is 0 Å². The molecule has 0 aliphatic heterocycles. The third kappa shape index (κ3) is 3.49. The van der Waals surface area contributed by atoms with Crippen molar-refractivity contribution in [3.8, 4) is 0 Å². The van der Waals surface area contributed by atoms with Crippen LogP contribution in [0, 0.1) is 16.7 Å². The van der Waals surface area contributed by atoms with Gasteiger partial charge in [-0.15, -0.1) is 0 Å². The van der Waals surface area contributed by atoms with E-state index in [-0.39, 0.29) is 16.7 Å². The van der Waals surface area contributed by atoms with Gasteiger partial charge < -0.3 is 10.0 Å². The Bertz CT molecular complexity index is 379. The van der Waals surface area contributed by atoms with Crippen molar-refractivity contribution >= 4 is 0 Å². The van der Waals surface area contributed by atoms with Crippen LogP contribution in [0.5, 0.6) is 0 Å². The average molecular weight is 265 g/mol. The third-order valence-electron chi connectivity index (χ3n) is 4.04. The molecule has 1 aliphatic rings. The molecule has 1 rings (SSSR count). The zero-order chi connectivity index (χ0) is 15.1. The molecule has 0 fully saturated rings. The molecule has 1 N–H and O–H groups in total. The van der Waals surface area contributed by atoms with Crippen LogP contribution in [0.25, 0.3) is 0 Å².